The second kappa shape index (κ2) is 11.3. The van der Waals surface area contributed by atoms with E-state index in [1.165, 1.54) is 6.20 Å². The molecular formula is C25H27ClN6O5. The first-order valence-electron chi connectivity index (χ1n) is 12.0. The van der Waals surface area contributed by atoms with Gasteiger partial charge in [0, 0.05) is 24.3 Å². The SMILES string of the molecule is CCOc1c(C2OC(C)O2)nc(-c2ccc(NC(=O)Nc3ccc(Cl)nc3)cc2)nc1N1CCOCC1. The molecule has 194 valence electrons. The molecule has 0 atom stereocenters. The number of ether oxygens (including phenoxy) is 4. The number of halogens is 1. The van der Waals surface area contributed by atoms with Crippen LogP contribution < -0.4 is 20.3 Å². The number of hydrogen-bond donors (Lipinski definition) is 2. The van der Waals surface area contributed by atoms with E-state index in [4.69, 9.17) is 40.5 Å². The van der Waals surface area contributed by atoms with Gasteiger partial charge in [-0.1, -0.05) is 11.6 Å². The predicted octanol–water partition coefficient (Wildman–Crippen LogP) is 4.46. The van der Waals surface area contributed by atoms with Crippen molar-refractivity contribution in [3.05, 3.63) is 53.4 Å². The number of benzene rings is 1. The maximum absolute atomic E-state index is 12.4. The predicted molar refractivity (Wildman–Crippen MR) is 138 cm³/mol. The van der Waals surface area contributed by atoms with Crippen LogP contribution in [-0.2, 0) is 14.2 Å². The number of carbonyl (C=O) groups is 1. The van der Waals surface area contributed by atoms with Gasteiger partial charge in [0.15, 0.2) is 23.7 Å². The van der Waals surface area contributed by atoms with Crippen molar-refractivity contribution in [2.45, 2.75) is 26.4 Å². The zero-order chi connectivity index (χ0) is 25.8. The van der Waals surface area contributed by atoms with Crippen molar-refractivity contribution in [1.82, 2.24) is 15.0 Å². The minimum Gasteiger partial charge on any atom is -0.488 e. The van der Waals surface area contributed by atoms with Crippen molar-refractivity contribution in [3.63, 3.8) is 0 Å². The Morgan fingerprint density at radius 1 is 1.08 bits per heavy atom. The zero-order valence-corrected chi connectivity index (χ0v) is 21.2. The van der Waals surface area contributed by atoms with E-state index in [0.717, 1.165) is 5.56 Å². The number of morpholine rings is 1. The van der Waals surface area contributed by atoms with Gasteiger partial charge in [0.1, 0.15) is 10.8 Å². The molecule has 37 heavy (non-hydrogen) atoms. The van der Waals surface area contributed by atoms with Crippen LogP contribution in [0.25, 0.3) is 11.4 Å². The number of urea groups is 1. The van der Waals surface area contributed by atoms with E-state index in [0.29, 0.717) is 72.5 Å². The summed E-state index contributed by atoms with van der Waals surface area (Å²) in [5, 5.41) is 5.85. The number of rotatable bonds is 7. The van der Waals surface area contributed by atoms with E-state index in [-0.39, 0.29) is 6.29 Å². The molecule has 3 aromatic rings. The minimum absolute atomic E-state index is 0.315. The Bertz CT molecular complexity index is 1230. The molecule has 2 N–H and O–H groups in total. The van der Waals surface area contributed by atoms with E-state index in [1.807, 2.05) is 26.0 Å². The van der Waals surface area contributed by atoms with Gasteiger partial charge in [0.25, 0.3) is 0 Å². The van der Waals surface area contributed by atoms with Gasteiger partial charge in [0.2, 0.25) is 6.29 Å². The first-order valence-corrected chi connectivity index (χ1v) is 12.4. The van der Waals surface area contributed by atoms with E-state index in [2.05, 4.69) is 20.5 Å². The Kier molecular flexibility index (Phi) is 7.65. The number of amides is 2. The monoisotopic (exact) mass is 526 g/mol. The van der Waals surface area contributed by atoms with Crippen molar-refractivity contribution in [2.24, 2.45) is 0 Å². The first kappa shape index (κ1) is 25.2. The number of pyridine rings is 1. The standard InChI is InChI=1S/C25H27ClN6O5/c1-3-35-21-20(24-36-15(2)37-24)30-22(31-23(21)32-10-12-34-13-11-32)16-4-6-17(7-5-16)28-25(33)29-18-8-9-19(26)27-14-18/h4-9,14-15,24H,3,10-13H2,1-2H3,(H2,28,29,33). The Balaban J connectivity index is 1.39. The van der Waals surface area contributed by atoms with Crippen LogP contribution in [-0.4, -0.2) is 60.2 Å². The molecule has 0 aliphatic carbocycles. The number of nitrogens with one attached hydrogen (secondary N) is 2. The van der Waals surface area contributed by atoms with Gasteiger partial charge in [-0.15, -0.1) is 0 Å². The normalized spacial score (nSPS) is 19.2. The second-order valence-electron chi connectivity index (χ2n) is 8.32. The summed E-state index contributed by atoms with van der Waals surface area (Å²) in [5.41, 5.74) is 2.44. The van der Waals surface area contributed by atoms with Crippen LogP contribution in [0.5, 0.6) is 5.75 Å². The molecule has 2 aliphatic heterocycles. The number of anilines is 3. The molecule has 4 heterocycles. The molecule has 1 aromatic carbocycles. The molecule has 12 heteroatoms. The molecule has 0 unspecified atom stereocenters. The van der Waals surface area contributed by atoms with Crippen molar-refractivity contribution in [2.75, 3.05) is 48.4 Å². The summed E-state index contributed by atoms with van der Waals surface area (Å²) >= 11 is 5.79. The lowest BCUT2D eigenvalue weighted by atomic mass is 10.1. The van der Waals surface area contributed by atoms with Gasteiger partial charge in [-0.3, -0.25) is 0 Å². The van der Waals surface area contributed by atoms with E-state index >= 15 is 0 Å². The lowest BCUT2D eigenvalue weighted by Crippen LogP contribution is -2.38. The van der Waals surface area contributed by atoms with Crippen LogP contribution in [0.15, 0.2) is 42.6 Å². The summed E-state index contributed by atoms with van der Waals surface area (Å²) in [5.74, 6) is 1.72. The molecule has 2 fully saturated rings. The van der Waals surface area contributed by atoms with Gasteiger partial charge >= 0.3 is 6.03 Å². The molecule has 0 spiro atoms. The van der Waals surface area contributed by atoms with Crippen LogP contribution in [0.1, 0.15) is 25.8 Å². The maximum Gasteiger partial charge on any atom is 0.323 e. The average Bonchev–Trinajstić information content (AvgIpc) is 2.89. The van der Waals surface area contributed by atoms with E-state index < -0.39 is 12.3 Å². The van der Waals surface area contributed by atoms with Crippen LogP contribution >= 0.6 is 11.6 Å². The molecule has 5 rings (SSSR count). The van der Waals surface area contributed by atoms with Crippen molar-refractivity contribution in [3.8, 4) is 17.1 Å². The average molecular weight is 527 g/mol. The quantitative estimate of drug-likeness (QED) is 0.430. The molecule has 11 nitrogen and oxygen atoms in total. The minimum atomic E-state index is -0.634. The second-order valence-corrected chi connectivity index (χ2v) is 8.70. The van der Waals surface area contributed by atoms with Gasteiger partial charge < -0.3 is 34.5 Å². The van der Waals surface area contributed by atoms with E-state index in [9.17, 15) is 4.79 Å². The summed E-state index contributed by atoms with van der Waals surface area (Å²) in [6.45, 7) is 6.75. The largest absolute Gasteiger partial charge is 0.488 e. The maximum atomic E-state index is 12.4. The molecule has 2 aromatic heterocycles. The lowest BCUT2D eigenvalue weighted by Gasteiger charge is -2.35. The van der Waals surface area contributed by atoms with E-state index in [1.54, 1.807) is 24.3 Å². The molecular weight excluding hydrogens is 500 g/mol. The highest BCUT2D eigenvalue weighted by molar-refractivity contribution is 6.29. The highest BCUT2D eigenvalue weighted by Crippen LogP contribution is 2.41. The smallest absolute Gasteiger partial charge is 0.323 e. The van der Waals surface area contributed by atoms with Crippen LogP contribution in [0, 0.1) is 0 Å². The first-order chi connectivity index (χ1) is 18.0. The zero-order valence-electron chi connectivity index (χ0n) is 20.4. The molecule has 2 amide bonds. The fourth-order valence-corrected chi connectivity index (χ4v) is 4.06. The molecule has 2 aliphatic rings. The van der Waals surface area contributed by atoms with Crippen LogP contribution in [0.4, 0.5) is 22.0 Å². The number of aromatic nitrogens is 3. The summed E-state index contributed by atoms with van der Waals surface area (Å²) in [4.78, 5) is 28.1. The highest BCUT2D eigenvalue weighted by Gasteiger charge is 2.36. The topological polar surface area (TPSA) is 120 Å². The molecule has 0 saturated carbocycles. The number of nitrogens with zero attached hydrogens (tertiary/aromatic N) is 4. The number of hydrogen-bond acceptors (Lipinski definition) is 9. The van der Waals surface area contributed by atoms with Gasteiger partial charge in [0.05, 0.1) is 31.7 Å². The molecule has 0 radical (unpaired) electrons. The van der Waals surface area contributed by atoms with Gasteiger partial charge in [-0.25, -0.2) is 19.7 Å². The van der Waals surface area contributed by atoms with Gasteiger partial charge in [-0.2, -0.15) is 0 Å². The van der Waals surface area contributed by atoms with Crippen LogP contribution in [0.3, 0.4) is 0 Å². The summed E-state index contributed by atoms with van der Waals surface area (Å²) in [6.07, 6.45) is 0.531. The summed E-state index contributed by atoms with van der Waals surface area (Å²) < 4.78 is 23.0. The fraction of sp³-hybridized carbons (Fsp3) is 0.360. The third-order valence-corrected chi connectivity index (χ3v) is 5.94. The van der Waals surface area contributed by atoms with Crippen molar-refractivity contribution >= 4 is 34.8 Å². The van der Waals surface area contributed by atoms with Crippen LogP contribution in [0.2, 0.25) is 5.15 Å². The van der Waals surface area contributed by atoms with Crippen molar-refractivity contribution in [1.29, 1.82) is 0 Å². The Morgan fingerprint density at radius 2 is 1.78 bits per heavy atom. The fourth-order valence-electron chi connectivity index (χ4n) is 3.95. The van der Waals surface area contributed by atoms with Gasteiger partial charge in [-0.05, 0) is 50.2 Å². The third-order valence-electron chi connectivity index (χ3n) is 5.71. The Hall–Kier alpha value is -3.51. The summed E-state index contributed by atoms with van der Waals surface area (Å²) in [7, 11) is 0. The summed E-state index contributed by atoms with van der Waals surface area (Å²) in [6, 6.07) is 10.1. The lowest BCUT2D eigenvalue weighted by molar-refractivity contribution is -0.384. The third kappa shape index (κ3) is 5.91. The highest BCUT2D eigenvalue weighted by atomic mass is 35.5. The Labute approximate surface area is 219 Å². The number of carbonyl (C=O) groups excluding carboxylic acids is 1. The molecule has 0 bridgehead atoms. The van der Waals surface area contributed by atoms with Crippen molar-refractivity contribution < 1.29 is 23.7 Å². The molecule has 2 saturated heterocycles. The Morgan fingerprint density at radius 3 is 2.43 bits per heavy atom.